The van der Waals surface area contributed by atoms with E-state index in [1.165, 1.54) is 0 Å². The largest absolute Gasteiger partial charge is 0.461 e. The molecule has 0 fully saturated rings. The second kappa shape index (κ2) is 5.78. The molecule has 1 aromatic heterocycles. The third-order valence-electron chi connectivity index (χ3n) is 3.26. The molecule has 0 spiro atoms. The Balaban J connectivity index is 3.27. The van der Waals surface area contributed by atoms with Gasteiger partial charge in [0.25, 0.3) is 0 Å². The number of methoxy groups -OCH3 is 1. The Bertz CT molecular complexity index is 455. The molecule has 4 nitrogen and oxygen atoms in total. The van der Waals surface area contributed by atoms with Gasteiger partial charge in [-0.25, -0.2) is 4.79 Å². The van der Waals surface area contributed by atoms with Crippen molar-refractivity contribution in [1.29, 1.82) is 0 Å². The number of aromatic amines is 1. The van der Waals surface area contributed by atoms with E-state index >= 15 is 0 Å². The number of H-pyrrole nitrogens is 1. The van der Waals surface area contributed by atoms with E-state index in [1.54, 1.807) is 14.0 Å². The molecule has 0 radical (unpaired) electrons. The van der Waals surface area contributed by atoms with Gasteiger partial charge < -0.3 is 14.5 Å². The van der Waals surface area contributed by atoms with Crippen LogP contribution in [0.2, 0.25) is 0 Å². The van der Waals surface area contributed by atoms with Gasteiger partial charge in [-0.1, -0.05) is 20.8 Å². The summed E-state index contributed by atoms with van der Waals surface area (Å²) in [6, 6.07) is 0. The predicted molar refractivity (Wildman–Crippen MR) is 75.4 cm³/mol. The number of aryl methyl sites for hydroxylation is 1. The van der Waals surface area contributed by atoms with Crippen molar-refractivity contribution in [2.45, 2.75) is 47.6 Å². The minimum atomic E-state index is -0.307. The number of ether oxygens (including phenoxy) is 2. The molecule has 0 aliphatic rings. The number of carbonyl (C=O) groups is 1. The minimum Gasteiger partial charge on any atom is -0.461 e. The molecule has 1 rings (SSSR count). The van der Waals surface area contributed by atoms with Crippen LogP contribution >= 0.6 is 0 Å². The molecular weight excluding hydrogens is 242 g/mol. The second-order valence-corrected chi connectivity index (χ2v) is 5.87. The lowest BCUT2D eigenvalue weighted by molar-refractivity contribution is 0.0143. The van der Waals surface area contributed by atoms with Crippen molar-refractivity contribution in [3.05, 3.63) is 22.5 Å². The molecule has 0 saturated heterocycles. The fourth-order valence-corrected chi connectivity index (χ4v) is 2.47. The van der Waals surface area contributed by atoms with Gasteiger partial charge >= 0.3 is 5.97 Å². The number of aromatic nitrogens is 1. The summed E-state index contributed by atoms with van der Waals surface area (Å²) >= 11 is 0. The van der Waals surface area contributed by atoms with E-state index in [4.69, 9.17) is 9.47 Å². The molecule has 1 N–H and O–H groups in total. The average Bonchev–Trinajstić information content (AvgIpc) is 2.56. The maximum Gasteiger partial charge on any atom is 0.355 e. The molecule has 0 saturated carbocycles. The van der Waals surface area contributed by atoms with Crippen LogP contribution in [-0.4, -0.2) is 24.7 Å². The van der Waals surface area contributed by atoms with Crippen molar-refractivity contribution in [3.63, 3.8) is 0 Å². The predicted octanol–water partition coefficient (Wildman–Crippen LogP) is 3.54. The van der Waals surface area contributed by atoms with Crippen molar-refractivity contribution >= 4 is 5.97 Å². The first-order valence-corrected chi connectivity index (χ1v) is 6.63. The lowest BCUT2D eigenvalue weighted by atomic mass is 9.83. The van der Waals surface area contributed by atoms with Gasteiger partial charge in [-0.3, -0.25) is 0 Å². The third-order valence-corrected chi connectivity index (χ3v) is 3.26. The van der Waals surface area contributed by atoms with Crippen LogP contribution in [0.1, 0.15) is 61.1 Å². The van der Waals surface area contributed by atoms with Crippen molar-refractivity contribution in [1.82, 2.24) is 4.98 Å². The van der Waals surface area contributed by atoms with Gasteiger partial charge in [0.05, 0.1) is 12.7 Å². The van der Waals surface area contributed by atoms with Crippen molar-refractivity contribution in [2.24, 2.45) is 5.41 Å². The highest BCUT2D eigenvalue weighted by molar-refractivity contribution is 5.89. The maximum atomic E-state index is 11.9. The van der Waals surface area contributed by atoms with Crippen LogP contribution in [0.25, 0.3) is 0 Å². The number of nitrogens with one attached hydrogen (secondary N) is 1. The van der Waals surface area contributed by atoms with Crippen LogP contribution in [0, 0.1) is 19.3 Å². The summed E-state index contributed by atoms with van der Waals surface area (Å²) < 4.78 is 10.7. The van der Waals surface area contributed by atoms with E-state index in [0.717, 1.165) is 16.8 Å². The zero-order valence-corrected chi connectivity index (χ0v) is 13.0. The first-order valence-electron chi connectivity index (χ1n) is 6.63. The molecule has 108 valence electrons. The van der Waals surface area contributed by atoms with Crippen LogP contribution < -0.4 is 0 Å². The topological polar surface area (TPSA) is 51.3 Å². The van der Waals surface area contributed by atoms with Gasteiger partial charge in [0, 0.05) is 18.4 Å². The van der Waals surface area contributed by atoms with E-state index in [9.17, 15) is 4.79 Å². The standard InChI is InChI=1S/C15H25NO3/c1-8-19-14(17)12-9(2)11(10(3)16-12)13(18-7)15(4,5)6/h13,16H,8H2,1-7H3/t13-/m0/s1. The molecule has 1 heterocycles. The fraction of sp³-hybridized carbons (Fsp3) is 0.667. The maximum absolute atomic E-state index is 11.9. The number of hydrogen-bond donors (Lipinski definition) is 1. The summed E-state index contributed by atoms with van der Waals surface area (Å²) in [5, 5.41) is 0. The van der Waals surface area contributed by atoms with E-state index in [1.807, 2.05) is 13.8 Å². The smallest absolute Gasteiger partial charge is 0.355 e. The zero-order chi connectivity index (χ0) is 14.8. The van der Waals surface area contributed by atoms with E-state index < -0.39 is 0 Å². The minimum absolute atomic E-state index is 0.0433. The van der Waals surface area contributed by atoms with Crippen LogP contribution in [-0.2, 0) is 9.47 Å². The summed E-state index contributed by atoms with van der Waals surface area (Å²) in [6.45, 7) is 12.4. The van der Waals surface area contributed by atoms with Gasteiger partial charge in [-0.2, -0.15) is 0 Å². The van der Waals surface area contributed by atoms with Crippen LogP contribution in [0.4, 0.5) is 0 Å². The molecule has 0 aliphatic carbocycles. The Kier molecular flexibility index (Phi) is 4.80. The molecule has 0 unspecified atom stereocenters. The molecule has 0 aromatic carbocycles. The number of hydrogen-bond acceptors (Lipinski definition) is 3. The Morgan fingerprint density at radius 1 is 1.32 bits per heavy atom. The SMILES string of the molecule is CCOC(=O)c1[nH]c(C)c([C@H](OC)C(C)(C)C)c1C. The van der Waals surface area contributed by atoms with E-state index in [-0.39, 0.29) is 17.5 Å². The summed E-state index contributed by atoms with van der Waals surface area (Å²) in [4.78, 5) is 15.0. The zero-order valence-electron chi connectivity index (χ0n) is 13.0. The molecule has 4 heteroatoms. The van der Waals surface area contributed by atoms with Crippen molar-refractivity contribution in [2.75, 3.05) is 13.7 Å². The Labute approximate surface area is 115 Å². The molecule has 1 aromatic rings. The molecular formula is C15H25NO3. The lowest BCUT2D eigenvalue weighted by Crippen LogP contribution is -2.21. The Hall–Kier alpha value is -1.29. The molecule has 0 bridgehead atoms. The van der Waals surface area contributed by atoms with Crippen LogP contribution in [0.5, 0.6) is 0 Å². The summed E-state index contributed by atoms with van der Waals surface area (Å²) in [6.07, 6.45) is -0.0630. The highest BCUT2D eigenvalue weighted by Crippen LogP contribution is 2.39. The normalized spacial score (nSPS) is 13.4. The highest BCUT2D eigenvalue weighted by atomic mass is 16.5. The fourth-order valence-electron chi connectivity index (χ4n) is 2.47. The first kappa shape index (κ1) is 15.8. The molecule has 19 heavy (non-hydrogen) atoms. The second-order valence-electron chi connectivity index (χ2n) is 5.87. The Morgan fingerprint density at radius 3 is 2.32 bits per heavy atom. The summed E-state index contributed by atoms with van der Waals surface area (Å²) in [5.74, 6) is -0.307. The number of rotatable bonds is 4. The van der Waals surface area contributed by atoms with Gasteiger partial charge in [-0.15, -0.1) is 0 Å². The monoisotopic (exact) mass is 267 g/mol. The first-order chi connectivity index (χ1) is 8.73. The molecule has 1 atom stereocenters. The van der Waals surface area contributed by atoms with Crippen molar-refractivity contribution < 1.29 is 14.3 Å². The van der Waals surface area contributed by atoms with Gasteiger partial charge in [-0.05, 0) is 31.7 Å². The Morgan fingerprint density at radius 2 is 1.89 bits per heavy atom. The van der Waals surface area contributed by atoms with Gasteiger partial charge in [0.15, 0.2) is 0 Å². The number of carbonyl (C=O) groups excluding carboxylic acids is 1. The van der Waals surface area contributed by atoms with Crippen molar-refractivity contribution in [3.8, 4) is 0 Å². The number of esters is 1. The van der Waals surface area contributed by atoms with E-state index in [2.05, 4.69) is 25.8 Å². The molecule has 0 aliphatic heterocycles. The van der Waals surface area contributed by atoms with Gasteiger partial charge in [0.2, 0.25) is 0 Å². The third kappa shape index (κ3) is 3.18. The lowest BCUT2D eigenvalue weighted by Gasteiger charge is -2.30. The average molecular weight is 267 g/mol. The van der Waals surface area contributed by atoms with E-state index in [0.29, 0.717) is 12.3 Å². The van der Waals surface area contributed by atoms with Crippen LogP contribution in [0.15, 0.2) is 0 Å². The quantitative estimate of drug-likeness (QED) is 0.849. The van der Waals surface area contributed by atoms with Gasteiger partial charge in [0.1, 0.15) is 5.69 Å². The summed E-state index contributed by atoms with van der Waals surface area (Å²) in [5.41, 5.74) is 3.41. The van der Waals surface area contributed by atoms with Crippen LogP contribution in [0.3, 0.4) is 0 Å². The molecule has 0 amide bonds. The summed E-state index contributed by atoms with van der Waals surface area (Å²) in [7, 11) is 1.70. The highest BCUT2D eigenvalue weighted by Gasteiger charge is 2.32.